The van der Waals surface area contributed by atoms with Crippen molar-refractivity contribution in [2.75, 3.05) is 13.1 Å². The molecule has 1 aromatic carbocycles. The Kier molecular flexibility index (Phi) is 8.41. The molecule has 1 aliphatic heterocycles. The van der Waals surface area contributed by atoms with Crippen LogP contribution in [-0.2, 0) is 20.9 Å². The Bertz CT molecular complexity index is 999. The van der Waals surface area contributed by atoms with Gasteiger partial charge in [-0.2, -0.15) is 0 Å². The number of hydrogen-bond donors (Lipinski definition) is 1. The number of rotatable bonds is 9. The molecule has 0 radical (unpaired) electrons. The van der Waals surface area contributed by atoms with Crippen LogP contribution in [0.1, 0.15) is 63.9 Å². The van der Waals surface area contributed by atoms with Crippen molar-refractivity contribution in [2.45, 2.75) is 71.2 Å². The highest BCUT2D eigenvalue weighted by Crippen LogP contribution is 2.46. The number of carbonyl (C=O) groups is 3. The maximum Gasteiger partial charge on any atom is 0.573 e. The van der Waals surface area contributed by atoms with E-state index < -0.39 is 23.4 Å². The fourth-order valence-corrected chi connectivity index (χ4v) is 4.83. The summed E-state index contributed by atoms with van der Waals surface area (Å²) in [5.74, 6) is -1.37. The molecule has 35 heavy (non-hydrogen) atoms. The first-order valence-corrected chi connectivity index (χ1v) is 11.9. The van der Waals surface area contributed by atoms with Crippen LogP contribution in [0.25, 0.3) is 4.85 Å². The van der Waals surface area contributed by atoms with Crippen LogP contribution >= 0.6 is 0 Å². The summed E-state index contributed by atoms with van der Waals surface area (Å²) in [6, 6.07) is 3.66. The van der Waals surface area contributed by atoms with Gasteiger partial charge in [0.1, 0.15) is 11.5 Å². The van der Waals surface area contributed by atoms with Crippen LogP contribution in [0, 0.1) is 17.9 Å². The molecule has 2 fully saturated rings. The van der Waals surface area contributed by atoms with Crippen LogP contribution in [0.2, 0.25) is 0 Å². The van der Waals surface area contributed by atoms with Crippen LogP contribution in [0.3, 0.4) is 0 Å². The van der Waals surface area contributed by atoms with Gasteiger partial charge in [-0.3, -0.25) is 14.4 Å². The van der Waals surface area contributed by atoms with Gasteiger partial charge in [-0.25, -0.2) is 4.85 Å². The molecule has 190 valence electrons. The first-order chi connectivity index (χ1) is 16.6. The number of nitrogens with zero attached hydrogens (tertiary/aromatic N) is 2. The fraction of sp³-hybridized carbons (Fsp3) is 0.600. The van der Waals surface area contributed by atoms with Crippen LogP contribution < -0.4 is 10.1 Å². The SMILES string of the molecule is [C-]#[N+]c1ccc(CNC(=O)[C@@H]2CCCN(C(=O)C3(CC(=O)CCC)CCC3)C2)c(OC(F)(F)F)c1. The molecule has 0 bridgehead atoms. The molecule has 3 rings (SSSR count). The van der Waals surface area contributed by atoms with E-state index in [2.05, 4.69) is 14.9 Å². The molecule has 0 aromatic heterocycles. The van der Waals surface area contributed by atoms with Crippen LogP contribution in [0.5, 0.6) is 5.75 Å². The smallest absolute Gasteiger partial charge is 0.407 e. The highest BCUT2D eigenvalue weighted by atomic mass is 19.4. The molecule has 1 saturated carbocycles. The van der Waals surface area contributed by atoms with Crippen molar-refractivity contribution in [3.05, 3.63) is 35.2 Å². The van der Waals surface area contributed by atoms with E-state index in [0.717, 1.165) is 18.9 Å². The van der Waals surface area contributed by atoms with Gasteiger partial charge in [0.05, 0.1) is 17.9 Å². The number of alkyl halides is 3. The predicted octanol–water partition coefficient (Wildman–Crippen LogP) is 4.92. The highest BCUT2D eigenvalue weighted by molar-refractivity contribution is 5.91. The van der Waals surface area contributed by atoms with E-state index in [4.69, 9.17) is 6.57 Å². The zero-order chi connectivity index (χ0) is 25.6. The van der Waals surface area contributed by atoms with Crippen molar-refractivity contribution in [3.8, 4) is 5.75 Å². The van der Waals surface area contributed by atoms with Crippen molar-refractivity contribution in [1.29, 1.82) is 0 Å². The van der Waals surface area contributed by atoms with Crippen LogP contribution in [0.4, 0.5) is 18.9 Å². The topological polar surface area (TPSA) is 80.1 Å². The van der Waals surface area contributed by atoms with Crippen LogP contribution in [0.15, 0.2) is 18.2 Å². The zero-order valence-electron chi connectivity index (χ0n) is 19.7. The lowest BCUT2D eigenvalue weighted by Crippen LogP contribution is -2.53. The molecule has 2 aliphatic rings. The second kappa shape index (κ2) is 11.1. The van der Waals surface area contributed by atoms with Gasteiger partial charge >= 0.3 is 6.36 Å². The monoisotopic (exact) mass is 493 g/mol. The summed E-state index contributed by atoms with van der Waals surface area (Å²) in [5, 5.41) is 2.65. The molecule has 7 nitrogen and oxygen atoms in total. The van der Waals surface area contributed by atoms with Gasteiger partial charge in [-0.15, -0.1) is 13.2 Å². The van der Waals surface area contributed by atoms with E-state index >= 15 is 0 Å². The molecule has 1 aromatic rings. The minimum atomic E-state index is -4.93. The summed E-state index contributed by atoms with van der Waals surface area (Å²) in [6.45, 7) is 9.45. The Morgan fingerprint density at radius 3 is 2.60 bits per heavy atom. The third-order valence-electron chi connectivity index (χ3n) is 6.77. The lowest BCUT2D eigenvalue weighted by atomic mass is 9.64. The summed E-state index contributed by atoms with van der Waals surface area (Å²) in [6.07, 6.45) is -0.0471. The molecular formula is C25H30F3N3O4. The van der Waals surface area contributed by atoms with Gasteiger partial charge in [0.15, 0.2) is 5.69 Å². The molecule has 1 aliphatic carbocycles. The third-order valence-corrected chi connectivity index (χ3v) is 6.77. The van der Waals surface area contributed by atoms with Crippen molar-refractivity contribution < 1.29 is 32.3 Å². The van der Waals surface area contributed by atoms with E-state index in [1.165, 1.54) is 12.1 Å². The zero-order valence-corrected chi connectivity index (χ0v) is 19.7. The molecule has 1 heterocycles. The number of halogens is 3. The number of benzene rings is 1. The number of nitrogens with one attached hydrogen (secondary N) is 1. The van der Waals surface area contributed by atoms with Crippen molar-refractivity contribution >= 4 is 23.3 Å². The predicted molar refractivity (Wildman–Crippen MR) is 121 cm³/mol. The number of hydrogen-bond acceptors (Lipinski definition) is 4. The van der Waals surface area contributed by atoms with E-state index in [1.54, 1.807) is 4.90 Å². The minimum Gasteiger partial charge on any atom is -0.407 e. The number of Topliss-reactive ketones (excluding diaryl/α,β-unsaturated/α-hetero) is 1. The summed E-state index contributed by atoms with van der Waals surface area (Å²) in [5.41, 5.74) is -0.572. The van der Waals surface area contributed by atoms with Gasteiger partial charge in [-0.05, 0) is 38.2 Å². The molecule has 1 N–H and O–H groups in total. The Hall–Kier alpha value is -3.09. The minimum absolute atomic E-state index is 0.0110. The van der Waals surface area contributed by atoms with Crippen molar-refractivity contribution in [3.63, 3.8) is 0 Å². The molecular weight excluding hydrogens is 463 g/mol. The number of piperidine rings is 1. The number of ether oxygens (including phenoxy) is 1. The summed E-state index contributed by atoms with van der Waals surface area (Å²) >= 11 is 0. The molecule has 0 unspecified atom stereocenters. The largest absolute Gasteiger partial charge is 0.573 e. The van der Waals surface area contributed by atoms with Gasteiger partial charge in [0.2, 0.25) is 11.8 Å². The lowest BCUT2D eigenvalue weighted by molar-refractivity contribution is -0.274. The van der Waals surface area contributed by atoms with Crippen molar-refractivity contribution in [2.24, 2.45) is 11.3 Å². The third kappa shape index (κ3) is 6.74. The van der Waals surface area contributed by atoms with Crippen LogP contribution in [-0.4, -0.2) is 41.9 Å². The maximum absolute atomic E-state index is 13.3. The standard InChI is InChI=1S/C25H30F3N3O4/c1-3-6-20(32)14-24(10-5-11-24)23(34)31-12-4-7-18(16-31)22(33)30-15-17-8-9-19(29-2)13-21(17)35-25(26,27)28/h8-9,13,18H,3-7,10-12,14-16H2,1H3,(H,30,33)/t18-/m1/s1. The van der Waals surface area contributed by atoms with Gasteiger partial charge in [0.25, 0.3) is 0 Å². The normalized spacial score (nSPS) is 19.3. The average Bonchev–Trinajstić information content (AvgIpc) is 2.79. The molecule has 10 heteroatoms. The second-order valence-corrected chi connectivity index (χ2v) is 9.36. The highest BCUT2D eigenvalue weighted by Gasteiger charge is 2.48. The fourth-order valence-electron chi connectivity index (χ4n) is 4.83. The van der Waals surface area contributed by atoms with Gasteiger partial charge < -0.3 is 15.0 Å². The quantitative estimate of drug-likeness (QED) is 0.495. The first kappa shape index (κ1) is 26.5. The Balaban J connectivity index is 1.63. The molecule has 1 atom stereocenters. The average molecular weight is 494 g/mol. The Morgan fingerprint density at radius 2 is 2.00 bits per heavy atom. The summed E-state index contributed by atoms with van der Waals surface area (Å²) in [4.78, 5) is 43.2. The van der Waals surface area contributed by atoms with E-state index in [0.29, 0.717) is 38.6 Å². The summed E-state index contributed by atoms with van der Waals surface area (Å²) < 4.78 is 42.3. The number of likely N-dealkylation sites (tertiary alicyclic amines) is 1. The van der Waals surface area contributed by atoms with E-state index in [1.807, 2.05) is 6.92 Å². The molecule has 1 saturated heterocycles. The molecule has 2 amide bonds. The second-order valence-electron chi connectivity index (χ2n) is 9.36. The maximum atomic E-state index is 13.3. The molecule has 0 spiro atoms. The number of ketones is 1. The number of amides is 2. The van der Waals surface area contributed by atoms with Crippen molar-refractivity contribution in [1.82, 2.24) is 10.2 Å². The lowest BCUT2D eigenvalue weighted by Gasteiger charge is -2.45. The Morgan fingerprint density at radius 1 is 1.26 bits per heavy atom. The van der Waals surface area contributed by atoms with Gasteiger partial charge in [0, 0.05) is 38.0 Å². The van der Waals surface area contributed by atoms with Gasteiger partial charge in [-0.1, -0.05) is 25.5 Å². The van der Waals surface area contributed by atoms with E-state index in [9.17, 15) is 27.6 Å². The number of carbonyl (C=O) groups excluding carboxylic acids is 3. The first-order valence-electron chi connectivity index (χ1n) is 11.9. The Labute approximate surface area is 202 Å². The van der Waals surface area contributed by atoms with E-state index in [-0.39, 0.29) is 48.4 Å². The summed E-state index contributed by atoms with van der Waals surface area (Å²) in [7, 11) is 0.